The van der Waals surface area contributed by atoms with E-state index in [1.807, 2.05) is 0 Å². The highest BCUT2D eigenvalue weighted by Gasteiger charge is 2.20. The number of aliphatic imine (C=N–C) groups is 1. The van der Waals surface area contributed by atoms with Crippen molar-refractivity contribution in [2.45, 2.75) is 31.8 Å². The molecule has 0 unspecified atom stereocenters. The van der Waals surface area contributed by atoms with E-state index >= 15 is 0 Å². The molecule has 1 fully saturated rings. The highest BCUT2D eigenvalue weighted by atomic mass is 32.1. The lowest BCUT2D eigenvalue weighted by Crippen LogP contribution is -2.48. The minimum Gasteiger partial charge on any atom is -0.356 e. The highest BCUT2D eigenvalue weighted by Crippen LogP contribution is 2.15. The Hall–Kier alpha value is -1.99. The standard InChI is InChI=1S/C20H26F2N4S/c1-23-20(24-8-4-16-12-17(21)2-3-19(16)22)25-18-5-9-26(10-6-18)13-15-7-11-27-14-15/h2-3,7,11-12,14,18H,4-6,8-10,13H2,1H3,(H2,23,24,25). The average molecular weight is 393 g/mol. The molecular weight excluding hydrogens is 366 g/mol. The van der Waals surface area contributed by atoms with Crippen LogP contribution in [0.3, 0.4) is 0 Å². The number of hydrogen-bond acceptors (Lipinski definition) is 3. The van der Waals surface area contributed by atoms with Crippen molar-refractivity contribution in [2.24, 2.45) is 4.99 Å². The molecule has 1 aliphatic heterocycles. The van der Waals surface area contributed by atoms with E-state index < -0.39 is 5.82 Å². The molecule has 2 N–H and O–H groups in total. The summed E-state index contributed by atoms with van der Waals surface area (Å²) in [5.74, 6) is -0.0784. The van der Waals surface area contributed by atoms with Gasteiger partial charge in [0, 0.05) is 39.3 Å². The first-order chi connectivity index (χ1) is 13.1. The maximum absolute atomic E-state index is 13.7. The third-order valence-corrected chi connectivity index (χ3v) is 5.56. The van der Waals surface area contributed by atoms with Gasteiger partial charge >= 0.3 is 0 Å². The van der Waals surface area contributed by atoms with E-state index in [1.54, 1.807) is 18.4 Å². The molecule has 2 aromatic rings. The van der Waals surface area contributed by atoms with Gasteiger partial charge in [0.05, 0.1) is 0 Å². The summed E-state index contributed by atoms with van der Waals surface area (Å²) in [6.07, 6.45) is 2.52. The van der Waals surface area contributed by atoms with Crippen LogP contribution in [0.15, 0.2) is 40.0 Å². The maximum Gasteiger partial charge on any atom is 0.191 e. The first-order valence-electron chi connectivity index (χ1n) is 9.28. The smallest absolute Gasteiger partial charge is 0.191 e. The van der Waals surface area contributed by atoms with E-state index in [9.17, 15) is 8.78 Å². The summed E-state index contributed by atoms with van der Waals surface area (Å²) in [6.45, 7) is 3.62. The van der Waals surface area contributed by atoms with Gasteiger partial charge in [0.1, 0.15) is 11.6 Å². The third-order valence-electron chi connectivity index (χ3n) is 4.83. The molecule has 3 rings (SSSR count). The molecule has 1 saturated heterocycles. The van der Waals surface area contributed by atoms with Crippen molar-refractivity contribution in [3.63, 3.8) is 0 Å². The molecule has 4 nitrogen and oxygen atoms in total. The molecule has 0 bridgehead atoms. The Kier molecular flexibility index (Phi) is 7.18. The fourth-order valence-corrected chi connectivity index (χ4v) is 3.97. The van der Waals surface area contributed by atoms with E-state index in [2.05, 4.69) is 37.4 Å². The predicted molar refractivity (Wildman–Crippen MR) is 107 cm³/mol. The van der Waals surface area contributed by atoms with Crippen LogP contribution < -0.4 is 10.6 Å². The molecule has 0 amide bonds. The molecule has 0 saturated carbocycles. The van der Waals surface area contributed by atoms with Gasteiger partial charge in [0.25, 0.3) is 0 Å². The van der Waals surface area contributed by atoms with Gasteiger partial charge in [0.15, 0.2) is 5.96 Å². The lowest BCUT2D eigenvalue weighted by Gasteiger charge is -2.33. The van der Waals surface area contributed by atoms with Gasteiger partial charge in [-0.3, -0.25) is 9.89 Å². The average Bonchev–Trinajstić information content (AvgIpc) is 3.18. The van der Waals surface area contributed by atoms with E-state index in [1.165, 1.54) is 17.7 Å². The fourth-order valence-electron chi connectivity index (χ4n) is 3.31. The van der Waals surface area contributed by atoms with E-state index in [0.717, 1.165) is 38.5 Å². The molecule has 1 aromatic heterocycles. The molecule has 0 radical (unpaired) electrons. The number of piperidine rings is 1. The van der Waals surface area contributed by atoms with Crippen LogP contribution in [0.1, 0.15) is 24.0 Å². The Morgan fingerprint density at radius 2 is 2.07 bits per heavy atom. The van der Waals surface area contributed by atoms with Crippen LogP contribution in [-0.2, 0) is 13.0 Å². The number of nitrogens with zero attached hydrogens (tertiary/aromatic N) is 2. The Labute approximate surface area is 163 Å². The van der Waals surface area contributed by atoms with E-state index in [0.29, 0.717) is 30.5 Å². The van der Waals surface area contributed by atoms with Gasteiger partial charge in [-0.2, -0.15) is 11.3 Å². The number of halogens is 2. The Morgan fingerprint density at radius 3 is 2.78 bits per heavy atom. The van der Waals surface area contributed by atoms with Crippen molar-refractivity contribution in [1.29, 1.82) is 0 Å². The van der Waals surface area contributed by atoms with E-state index in [4.69, 9.17) is 0 Å². The lowest BCUT2D eigenvalue weighted by atomic mass is 10.0. The van der Waals surface area contributed by atoms with Crippen LogP contribution in [0.4, 0.5) is 8.78 Å². The van der Waals surface area contributed by atoms with Crippen molar-refractivity contribution in [3.8, 4) is 0 Å². The summed E-state index contributed by atoms with van der Waals surface area (Å²) >= 11 is 1.74. The highest BCUT2D eigenvalue weighted by molar-refractivity contribution is 7.07. The molecule has 1 aromatic carbocycles. The summed E-state index contributed by atoms with van der Waals surface area (Å²) in [5, 5.41) is 11.0. The number of likely N-dealkylation sites (tertiary alicyclic amines) is 1. The number of hydrogen-bond donors (Lipinski definition) is 2. The zero-order valence-electron chi connectivity index (χ0n) is 15.5. The summed E-state index contributed by atoms with van der Waals surface area (Å²) in [6, 6.07) is 6.11. The van der Waals surface area contributed by atoms with Gasteiger partial charge in [-0.15, -0.1) is 0 Å². The van der Waals surface area contributed by atoms with Gasteiger partial charge in [-0.05, 0) is 65.4 Å². The quantitative estimate of drug-likeness (QED) is 0.585. The summed E-state index contributed by atoms with van der Waals surface area (Å²) in [7, 11) is 1.73. The summed E-state index contributed by atoms with van der Waals surface area (Å²) < 4.78 is 26.9. The molecular formula is C20H26F2N4S. The normalized spacial score (nSPS) is 16.5. The second-order valence-electron chi connectivity index (χ2n) is 6.81. The van der Waals surface area contributed by atoms with Gasteiger partial charge in [-0.25, -0.2) is 8.78 Å². The van der Waals surface area contributed by atoms with Gasteiger partial charge in [0.2, 0.25) is 0 Å². The number of thiophene rings is 1. The van der Waals surface area contributed by atoms with Crippen molar-refractivity contribution in [2.75, 3.05) is 26.7 Å². The van der Waals surface area contributed by atoms with Gasteiger partial charge in [-0.1, -0.05) is 0 Å². The van der Waals surface area contributed by atoms with Crippen molar-refractivity contribution >= 4 is 17.3 Å². The lowest BCUT2D eigenvalue weighted by molar-refractivity contribution is 0.198. The van der Waals surface area contributed by atoms with Crippen LogP contribution >= 0.6 is 11.3 Å². The maximum atomic E-state index is 13.7. The predicted octanol–water partition coefficient (Wildman–Crippen LogP) is 3.40. The van der Waals surface area contributed by atoms with E-state index in [-0.39, 0.29) is 5.82 Å². The Balaban J connectivity index is 1.39. The van der Waals surface area contributed by atoms with Crippen molar-refractivity contribution in [3.05, 3.63) is 57.8 Å². The number of nitrogens with one attached hydrogen (secondary N) is 2. The topological polar surface area (TPSA) is 39.7 Å². The van der Waals surface area contributed by atoms with Crippen molar-refractivity contribution < 1.29 is 8.78 Å². The summed E-state index contributed by atoms with van der Waals surface area (Å²) in [4.78, 5) is 6.72. The number of benzene rings is 1. The monoisotopic (exact) mass is 392 g/mol. The van der Waals surface area contributed by atoms with Crippen LogP contribution in [0.25, 0.3) is 0 Å². The molecule has 2 heterocycles. The minimum atomic E-state index is -0.414. The minimum absolute atomic E-state index is 0.375. The van der Waals surface area contributed by atoms with Crippen LogP contribution in [0, 0.1) is 11.6 Å². The van der Waals surface area contributed by atoms with Crippen LogP contribution in [-0.4, -0.2) is 43.6 Å². The molecule has 146 valence electrons. The second-order valence-corrected chi connectivity index (χ2v) is 7.59. The molecule has 1 aliphatic rings. The Morgan fingerprint density at radius 1 is 1.26 bits per heavy atom. The zero-order valence-corrected chi connectivity index (χ0v) is 16.4. The fraction of sp³-hybridized carbons (Fsp3) is 0.450. The molecule has 0 atom stereocenters. The van der Waals surface area contributed by atoms with Gasteiger partial charge < -0.3 is 10.6 Å². The SMILES string of the molecule is CN=C(NCCc1cc(F)ccc1F)NC1CCN(Cc2ccsc2)CC1. The number of guanidine groups is 1. The number of rotatable bonds is 6. The first-order valence-corrected chi connectivity index (χ1v) is 10.2. The largest absolute Gasteiger partial charge is 0.356 e. The molecule has 0 aliphatic carbocycles. The van der Waals surface area contributed by atoms with Crippen molar-refractivity contribution in [1.82, 2.24) is 15.5 Å². The molecule has 0 spiro atoms. The Bertz CT molecular complexity index is 740. The zero-order chi connectivity index (χ0) is 19.1. The first kappa shape index (κ1) is 19.8. The third kappa shape index (κ3) is 6.01. The van der Waals surface area contributed by atoms with Crippen LogP contribution in [0.5, 0.6) is 0 Å². The van der Waals surface area contributed by atoms with Crippen LogP contribution in [0.2, 0.25) is 0 Å². The molecule has 27 heavy (non-hydrogen) atoms. The molecule has 7 heteroatoms. The second kappa shape index (κ2) is 9.80. The summed E-state index contributed by atoms with van der Waals surface area (Å²) in [5.41, 5.74) is 1.76.